The summed E-state index contributed by atoms with van der Waals surface area (Å²) in [4.78, 5) is 11.0. The van der Waals surface area contributed by atoms with Crippen LogP contribution >= 0.6 is 12.4 Å². The SMILES string of the molecule is CCOC(=O)C(N)C(C)(C)C(F)(F)F.Cl. The molecule has 0 aromatic heterocycles. The van der Waals surface area contributed by atoms with Crippen molar-refractivity contribution in [2.24, 2.45) is 11.1 Å². The summed E-state index contributed by atoms with van der Waals surface area (Å²) in [7, 11) is 0. The number of halogens is 4. The van der Waals surface area contributed by atoms with Crippen molar-refractivity contribution in [2.75, 3.05) is 6.61 Å². The summed E-state index contributed by atoms with van der Waals surface area (Å²) in [5.41, 5.74) is 2.89. The van der Waals surface area contributed by atoms with E-state index in [4.69, 9.17) is 5.73 Å². The summed E-state index contributed by atoms with van der Waals surface area (Å²) in [6, 6.07) is -1.69. The number of ether oxygens (including phenoxy) is 1. The number of carbonyl (C=O) groups excluding carboxylic acids is 1. The van der Waals surface area contributed by atoms with E-state index in [2.05, 4.69) is 4.74 Å². The Balaban J connectivity index is 0. The zero-order valence-electron chi connectivity index (χ0n) is 8.72. The first-order valence-electron chi connectivity index (χ1n) is 4.13. The van der Waals surface area contributed by atoms with Gasteiger partial charge in [0.1, 0.15) is 6.04 Å². The number of rotatable bonds is 3. The summed E-state index contributed by atoms with van der Waals surface area (Å²) in [6.45, 7) is 3.26. The quantitative estimate of drug-likeness (QED) is 0.777. The van der Waals surface area contributed by atoms with Gasteiger partial charge in [-0.15, -0.1) is 12.4 Å². The molecule has 0 saturated carbocycles. The highest BCUT2D eigenvalue weighted by Gasteiger charge is 2.54. The molecule has 92 valence electrons. The molecule has 0 aromatic carbocycles. The second kappa shape index (κ2) is 5.55. The molecule has 0 saturated heterocycles. The fourth-order valence-corrected chi connectivity index (χ4v) is 0.703. The average molecular weight is 250 g/mol. The summed E-state index contributed by atoms with van der Waals surface area (Å²) in [5, 5.41) is 0. The highest BCUT2D eigenvalue weighted by molar-refractivity contribution is 5.85. The largest absolute Gasteiger partial charge is 0.465 e. The Kier molecular flexibility index (Phi) is 6.27. The van der Waals surface area contributed by atoms with Crippen LogP contribution < -0.4 is 5.73 Å². The first kappa shape index (κ1) is 16.9. The van der Waals surface area contributed by atoms with Crippen molar-refractivity contribution in [1.82, 2.24) is 0 Å². The topological polar surface area (TPSA) is 52.3 Å². The molecule has 1 atom stereocenters. The third-order valence-electron chi connectivity index (χ3n) is 2.05. The van der Waals surface area contributed by atoms with Gasteiger partial charge in [-0.2, -0.15) is 13.2 Å². The van der Waals surface area contributed by atoms with E-state index in [1.165, 1.54) is 6.92 Å². The Labute approximate surface area is 92.6 Å². The van der Waals surface area contributed by atoms with E-state index >= 15 is 0 Å². The highest BCUT2D eigenvalue weighted by Crippen LogP contribution is 2.39. The van der Waals surface area contributed by atoms with E-state index < -0.39 is 23.6 Å². The lowest BCUT2D eigenvalue weighted by atomic mass is 9.84. The van der Waals surface area contributed by atoms with Gasteiger partial charge in [0.15, 0.2) is 0 Å². The second-order valence-electron chi connectivity index (χ2n) is 3.45. The number of hydrogen-bond donors (Lipinski definition) is 1. The smallest absolute Gasteiger partial charge is 0.396 e. The second-order valence-corrected chi connectivity index (χ2v) is 3.45. The van der Waals surface area contributed by atoms with Crippen LogP contribution in [0.15, 0.2) is 0 Å². The summed E-state index contributed by atoms with van der Waals surface area (Å²) >= 11 is 0. The van der Waals surface area contributed by atoms with Crippen molar-refractivity contribution in [3.05, 3.63) is 0 Å². The molecule has 0 amide bonds. The third kappa shape index (κ3) is 3.87. The average Bonchev–Trinajstić information content (AvgIpc) is 2.01. The van der Waals surface area contributed by atoms with Gasteiger partial charge in [-0.3, -0.25) is 4.79 Å². The lowest BCUT2D eigenvalue weighted by Gasteiger charge is -2.31. The van der Waals surface area contributed by atoms with Gasteiger partial charge in [0.2, 0.25) is 0 Å². The van der Waals surface area contributed by atoms with Crippen molar-refractivity contribution in [3.8, 4) is 0 Å². The molecule has 0 spiro atoms. The molecule has 0 heterocycles. The minimum Gasteiger partial charge on any atom is -0.465 e. The molecule has 0 fully saturated rings. The van der Waals surface area contributed by atoms with Crippen LogP contribution in [0.5, 0.6) is 0 Å². The van der Waals surface area contributed by atoms with E-state index in [-0.39, 0.29) is 19.0 Å². The molecule has 0 aliphatic rings. The van der Waals surface area contributed by atoms with Crippen LogP contribution in [-0.4, -0.2) is 24.8 Å². The van der Waals surface area contributed by atoms with Crippen molar-refractivity contribution in [2.45, 2.75) is 33.0 Å². The first-order valence-corrected chi connectivity index (χ1v) is 4.13. The van der Waals surface area contributed by atoms with Crippen LogP contribution in [0.1, 0.15) is 20.8 Å². The third-order valence-corrected chi connectivity index (χ3v) is 2.05. The zero-order valence-corrected chi connectivity index (χ0v) is 9.54. The van der Waals surface area contributed by atoms with E-state index in [1.807, 2.05) is 0 Å². The number of carbonyl (C=O) groups is 1. The Bertz CT molecular complexity index is 218. The maximum atomic E-state index is 12.4. The van der Waals surface area contributed by atoms with Crippen LogP contribution in [-0.2, 0) is 9.53 Å². The number of nitrogens with two attached hydrogens (primary N) is 1. The molecule has 0 radical (unpaired) electrons. The van der Waals surface area contributed by atoms with Crippen LogP contribution in [0.2, 0.25) is 0 Å². The van der Waals surface area contributed by atoms with Gasteiger partial charge >= 0.3 is 12.1 Å². The predicted octanol–water partition coefficient (Wildman–Crippen LogP) is 1.89. The monoisotopic (exact) mass is 249 g/mol. The molecular weight excluding hydrogens is 235 g/mol. The highest BCUT2D eigenvalue weighted by atomic mass is 35.5. The Morgan fingerprint density at radius 2 is 1.80 bits per heavy atom. The number of alkyl halides is 3. The molecule has 7 heteroatoms. The fraction of sp³-hybridized carbons (Fsp3) is 0.875. The molecule has 1 unspecified atom stereocenters. The molecular formula is C8H15ClF3NO2. The predicted molar refractivity (Wildman–Crippen MR) is 51.7 cm³/mol. The minimum absolute atomic E-state index is 0. The summed E-state index contributed by atoms with van der Waals surface area (Å²) < 4.78 is 41.6. The summed E-state index contributed by atoms with van der Waals surface area (Å²) in [5.74, 6) is -1.03. The van der Waals surface area contributed by atoms with Crippen molar-refractivity contribution in [1.29, 1.82) is 0 Å². The maximum Gasteiger partial charge on any atom is 0.396 e. The summed E-state index contributed by atoms with van der Waals surface area (Å²) in [6.07, 6.45) is -4.53. The van der Waals surface area contributed by atoms with E-state index in [0.29, 0.717) is 0 Å². The molecule has 15 heavy (non-hydrogen) atoms. The molecule has 3 nitrogen and oxygen atoms in total. The van der Waals surface area contributed by atoms with Gasteiger partial charge in [-0.25, -0.2) is 0 Å². The minimum atomic E-state index is -4.53. The zero-order chi connectivity index (χ0) is 11.6. The Morgan fingerprint density at radius 3 is 2.07 bits per heavy atom. The van der Waals surface area contributed by atoms with Gasteiger partial charge < -0.3 is 10.5 Å². The lowest BCUT2D eigenvalue weighted by molar-refractivity contribution is -0.222. The van der Waals surface area contributed by atoms with Gasteiger partial charge in [-0.05, 0) is 20.8 Å². The standard InChI is InChI=1S/C8H14F3NO2.ClH/c1-4-14-6(13)5(12)7(2,3)8(9,10)11;/h5H,4,12H2,1-3H3;1H. The van der Waals surface area contributed by atoms with Gasteiger partial charge in [0.25, 0.3) is 0 Å². The van der Waals surface area contributed by atoms with Crippen LogP contribution in [0.4, 0.5) is 13.2 Å². The first-order chi connectivity index (χ1) is 6.14. The van der Waals surface area contributed by atoms with E-state index in [0.717, 1.165) is 13.8 Å². The number of esters is 1. The Hall–Kier alpha value is -0.490. The van der Waals surface area contributed by atoms with E-state index in [1.54, 1.807) is 0 Å². The lowest BCUT2D eigenvalue weighted by Crippen LogP contribution is -2.52. The Morgan fingerprint density at radius 1 is 1.40 bits per heavy atom. The molecule has 2 N–H and O–H groups in total. The van der Waals surface area contributed by atoms with Crippen molar-refractivity contribution in [3.63, 3.8) is 0 Å². The van der Waals surface area contributed by atoms with Gasteiger partial charge in [0.05, 0.1) is 12.0 Å². The van der Waals surface area contributed by atoms with E-state index in [9.17, 15) is 18.0 Å². The fourth-order valence-electron chi connectivity index (χ4n) is 0.703. The van der Waals surface area contributed by atoms with Gasteiger partial charge in [-0.1, -0.05) is 0 Å². The van der Waals surface area contributed by atoms with Crippen molar-refractivity contribution < 1.29 is 22.7 Å². The molecule has 0 aromatic rings. The maximum absolute atomic E-state index is 12.4. The van der Waals surface area contributed by atoms with Crippen molar-refractivity contribution >= 4 is 18.4 Å². The molecule has 0 bridgehead atoms. The number of hydrogen-bond acceptors (Lipinski definition) is 3. The normalized spacial score (nSPS) is 14.1. The van der Waals surface area contributed by atoms with Crippen LogP contribution in [0.25, 0.3) is 0 Å². The van der Waals surface area contributed by atoms with Crippen LogP contribution in [0.3, 0.4) is 0 Å². The molecule has 0 rings (SSSR count). The van der Waals surface area contributed by atoms with Gasteiger partial charge in [0, 0.05) is 0 Å². The molecule has 0 aliphatic heterocycles. The molecule has 0 aliphatic carbocycles. The van der Waals surface area contributed by atoms with Crippen LogP contribution in [0, 0.1) is 5.41 Å².